The van der Waals surface area contributed by atoms with Crippen molar-refractivity contribution in [1.29, 1.82) is 0 Å². The number of aromatic hydroxyl groups is 2. The smallest absolute Gasteiger partial charge is 0.128 e. The summed E-state index contributed by atoms with van der Waals surface area (Å²) < 4.78 is 5.80. The third-order valence-electron chi connectivity index (χ3n) is 2.98. The second-order valence-corrected chi connectivity index (χ2v) is 4.19. The first-order chi connectivity index (χ1) is 8.22. The minimum atomic E-state index is -0.0348. The van der Waals surface area contributed by atoms with E-state index in [0.717, 1.165) is 23.3 Å². The fourth-order valence-electron chi connectivity index (χ4n) is 2.11. The van der Waals surface area contributed by atoms with Crippen molar-refractivity contribution in [3.05, 3.63) is 53.6 Å². The Kier molecular flexibility index (Phi) is 2.18. The Morgan fingerprint density at radius 1 is 0.941 bits per heavy atom. The van der Waals surface area contributed by atoms with Crippen LogP contribution in [0, 0.1) is 0 Å². The van der Waals surface area contributed by atoms with E-state index in [1.165, 1.54) is 0 Å². The van der Waals surface area contributed by atoms with Gasteiger partial charge in [0.25, 0.3) is 0 Å². The number of phenols is 2. The van der Waals surface area contributed by atoms with E-state index < -0.39 is 0 Å². The molecule has 0 saturated carbocycles. The summed E-state index contributed by atoms with van der Waals surface area (Å²) in [4.78, 5) is 0. The predicted molar refractivity (Wildman–Crippen MR) is 63.3 cm³/mol. The molecule has 3 heteroatoms. The lowest BCUT2D eigenvalue weighted by Gasteiger charge is -2.10. The third-order valence-corrected chi connectivity index (χ3v) is 2.98. The molecule has 1 heterocycles. The van der Waals surface area contributed by atoms with Crippen molar-refractivity contribution < 1.29 is 14.9 Å². The number of ether oxygens (including phenoxy) is 1. The molecule has 2 aromatic rings. The third kappa shape index (κ3) is 1.80. The van der Waals surface area contributed by atoms with Crippen LogP contribution in [0.4, 0.5) is 0 Å². The van der Waals surface area contributed by atoms with E-state index in [4.69, 9.17) is 4.74 Å². The van der Waals surface area contributed by atoms with Gasteiger partial charge in [0, 0.05) is 12.0 Å². The monoisotopic (exact) mass is 228 g/mol. The highest BCUT2D eigenvalue weighted by Gasteiger charge is 2.24. The van der Waals surface area contributed by atoms with Gasteiger partial charge in [0.1, 0.15) is 23.4 Å². The summed E-state index contributed by atoms with van der Waals surface area (Å²) in [5, 5.41) is 18.6. The molecular weight excluding hydrogens is 216 g/mol. The largest absolute Gasteiger partial charge is 0.508 e. The second-order valence-electron chi connectivity index (χ2n) is 4.19. The van der Waals surface area contributed by atoms with Gasteiger partial charge in [-0.15, -0.1) is 0 Å². The second kappa shape index (κ2) is 3.70. The van der Waals surface area contributed by atoms with Gasteiger partial charge in [-0.2, -0.15) is 0 Å². The molecule has 0 spiro atoms. The minimum absolute atomic E-state index is 0.0348. The quantitative estimate of drug-likeness (QED) is 0.789. The summed E-state index contributed by atoms with van der Waals surface area (Å²) in [5.41, 5.74) is 2.04. The highest BCUT2D eigenvalue weighted by atomic mass is 16.5. The molecule has 0 fully saturated rings. The molecule has 0 saturated heterocycles. The van der Waals surface area contributed by atoms with Crippen LogP contribution in [-0.2, 0) is 6.42 Å². The lowest BCUT2D eigenvalue weighted by molar-refractivity contribution is 0.238. The van der Waals surface area contributed by atoms with Crippen molar-refractivity contribution in [2.75, 3.05) is 0 Å². The predicted octanol–water partition coefficient (Wildman–Crippen LogP) is 2.77. The number of phenolic OH excluding ortho intramolecular Hbond substituents is 2. The van der Waals surface area contributed by atoms with Crippen LogP contribution in [0.1, 0.15) is 17.2 Å². The fraction of sp³-hybridized carbons (Fsp3) is 0.143. The maximum atomic E-state index is 9.40. The normalized spacial score (nSPS) is 17.5. The maximum Gasteiger partial charge on any atom is 0.128 e. The van der Waals surface area contributed by atoms with Crippen LogP contribution in [0.2, 0.25) is 0 Å². The fourth-order valence-corrected chi connectivity index (χ4v) is 2.11. The molecule has 1 aliphatic heterocycles. The van der Waals surface area contributed by atoms with Crippen LogP contribution in [0.15, 0.2) is 42.5 Å². The van der Waals surface area contributed by atoms with E-state index in [1.54, 1.807) is 30.3 Å². The summed E-state index contributed by atoms with van der Waals surface area (Å²) in [5.74, 6) is 1.33. The number of benzene rings is 2. The summed E-state index contributed by atoms with van der Waals surface area (Å²) in [7, 11) is 0. The number of hydrogen-bond donors (Lipinski definition) is 2. The van der Waals surface area contributed by atoms with Crippen LogP contribution < -0.4 is 4.74 Å². The average Bonchev–Trinajstić information content (AvgIpc) is 2.72. The van der Waals surface area contributed by atoms with Crippen molar-refractivity contribution in [3.8, 4) is 17.2 Å². The molecule has 1 aliphatic rings. The molecule has 0 radical (unpaired) electrons. The Morgan fingerprint density at radius 2 is 1.65 bits per heavy atom. The van der Waals surface area contributed by atoms with E-state index in [-0.39, 0.29) is 17.6 Å². The van der Waals surface area contributed by atoms with Crippen LogP contribution in [0.25, 0.3) is 0 Å². The van der Waals surface area contributed by atoms with Crippen molar-refractivity contribution in [2.45, 2.75) is 12.5 Å². The molecule has 0 aromatic heterocycles. The Labute approximate surface area is 98.9 Å². The van der Waals surface area contributed by atoms with Gasteiger partial charge in [-0.25, -0.2) is 0 Å². The first-order valence-corrected chi connectivity index (χ1v) is 5.50. The van der Waals surface area contributed by atoms with Gasteiger partial charge in [-0.3, -0.25) is 0 Å². The van der Waals surface area contributed by atoms with Gasteiger partial charge < -0.3 is 14.9 Å². The van der Waals surface area contributed by atoms with E-state index in [9.17, 15) is 10.2 Å². The zero-order chi connectivity index (χ0) is 11.8. The zero-order valence-electron chi connectivity index (χ0n) is 9.13. The number of fused-ring (bicyclic) bond motifs is 1. The van der Waals surface area contributed by atoms with Crippen molar-refractivity contribution in [3.63, 3.8) is 0 Å². The standard InChI is InChI=1S/C14H12O3/c15-11-3-1-9(2-4-11)14-8-10-7-12(16)5-6-13(10)17-14/h1-7,14-16H,8H2/t14-/m1/s1. The molecule has 0 unspecified atom stereocenters. The molecule has 2 aromatic carbocycles. The van der Waals surface area contributed by atoms with Crippen molar-refractivity contribution in [1.82, 2.24) is 0 Å². The molecule has 86 valence electrons. The van der Waals surface area contributed by atoms with E-state index in [0.29, 0.717) is 0 Å². The molecule has 3 nitrogen and oxygen atoms in total. The molecule has 3 rings (SSSR count). The highest BCUT2D eigenvalue weighted by molar-refractivity contribution is 5.44. The number of rotatable bonds is 1. The number of hydrogen-bond acceptors (Lipinski definition) is 3. The summed E-state index contributed by atoms with van der Waals surface area (Å²) in [6.07, 6.45) is 0.710. The van der Waals surface area contributed by atoms with E-state index in [2.05, 4.69) is 0 Å². The van der Waals surface area contributed by atoms with Gasteiger partial charge in [-0.1, -0.05) is 12.1 Å². The molecule has 0 aliphatic carbocycles. The van der Waals surface area contributed by atoms with Gasteiger partial charge in [0.2, 0.25) is 0 Å². The zero-order valence-corrected chi connectivity index (χ0v) is 9.13. The van der Waals surface area contributed by atoms with E-state index >= 15 is 0 Å². The molecule has 2 N–H and O–H groups in total. The maximum absolute atomic E-state index is 9.40. The Morgan fingerprint density at radius 3 is 2.41 bits per heavy atom. The summed E-state index contributed by atoms with van der Waals surface area (Å²) >= 11 is 0. The van der Waals surface area contributed by atoms with Crippen LogP contribution in [0.3, 0.4) is 0 Å². The first kappa shape index (κ1) is 10.0. The Hall–Kier alpha value is -2.16. The summed E-state index contributed by atoms with van der Waals surface area (Å²) in [6, 6.07) is 12.1. The van der Waals surface area contributed by atoms with Crippen LogP contribution in [-0.4, -0.2) is 10.2 Å². The van der Waals surface area contributed by atoms with Gasteiger partial charge >= 0.3 is 0 Å². The average molecular weight is 228 g/mol. The molecule has 0 bridgehead atoms. The minimum Gasteiger partial charge on any atom is -0.508 e. The van der Waals surface area contributed by atoms with Gasteiger partial charge in [-0.05, 0) is 35.9 Å². The lowest BCUT2D eigenvalue weighted by atomic mass is 10.0. The molecule has 17 heavy (non-hydrogen) atoms. The molecular formula is C14H12O3. The molecule has 1 atom stereocenters. The van der Waals surface area contributed by atoms with E-state index in [1.807, 2.05) is 12.1 Å². The summed E-state index contributed by atoms with van der Waals surface area (Å²) in [6.45, 7) is 0. The van der Waals surface area contributed by atoms with Crippen molar-refractivity contribution in [2.24, 2.45) is 0 Å². The SMILES string of the molecule is Oc1ccc([C@H]2Cc3cc(O)ccc3O2)cc1. The Balaban J connectivity index is 1.88. The van der Waals surface area contributed by atoms with Gasteiger partial charge in [0.05, 0.1) is 0 Å². The Bertz CT molecular complexity index is 546. The van der Waals surface area contributed by atoms with Gasteiger partial charge in [0.15, 0.2) is 0 Å². The molecule has 0 amide bonds. The topological polar surface area (TPSA) is 49.7 Å². The van der Waals surface area contributed by atoms with Crippen molar-refractivity contribution >= 4 is 0 Å². The van der Waals surface area contributed by atoms with Crippen LogP contribution >= 0.6 is 0 Å². The lowest BCUT2D eigenvalue weighted by Crippen LogP contribution is -2.02. The first-order valence-electron chi connectivity index (χ1n) is 5.50. The van der Waals surface area contributed by atoms with Crippen LogP contribution in [0.5, 0.6) is 17.2 Å². The highest BCUT2D eigenvalue weighted by Crippen LogP contribution is 2.38.